The molecule has 0 aromatic heterocycles. The SMILES string of the molecule is CCCc1ccc(NC(=O)N(CCC(=O)O)C(C)C)cc1. The first-order valence-electron chi connectivity index (χ1n) is 7.32. The van der Waals surface area contributed by atoms with Gasteiger partial charge in [-0.25, -0.2) is 4.79 Å². The molecule has 0 aliphatic carbocycles. The number of benzene rings is 1. The molecule has 1 aromatic rings. The summed E-state index contributed by atoms with van der Waals surface area (Å²) in [7, 11) is 0. The summed E-state index contributed by atoms with van der Waals surface area (Å²) in [6.07, 6.45) is 2.05. The highest BCUT2D eigenvalue weighted by molar-refractivity contribution is 5.89. The second-order valence-corrected chi connectivity index (χ2v) is 5.31. The van der Waals surface area contributed by atoms with Crippen LogP contribution in [0.1, 0.15) is 39.2 Å². The molecule has 0 atom stereocenters. The van der Waals surface area contributed by atoms with Crippen molar-refractivity contribution in [2.24, 2.45) is 0 Å². The summed E-state index contributed by atoms with van der Waals surface area (Å²) in [6.45, 7) is 6.06. The van der Waals surface area contributed by atoms with Crippen molar-refractivity contribution in [1.29, 1.82) is 0 Å². The van der Waals surface area contributed by atoms with E-state index in [4.69, 9.17) is 5.11 Å². The number of aliphatic carboxylic acids is 1. The van der Waals surface area contributed by atoms with Crippen LogP contribution in [0, 0.1) is 0 Å². The standard InChI is InChI=1S/C16H24N2O3/c1-4-5-13-6-8-14(9-7-13)17-16(21)18(12(2)3)11-10-15(19)20/h6-9,12H,4-5,10-11H2,1-3H3,(H,17,21)(H,19,20). The van der Waals surface area contributed by atoms with Crippen LogP contribution in [0.15, 0.2) is 24.3 Å². The Balaban J connectivity index is 2.65. The Labute approximate surface area is 126 Å². The first-order chi connectivity index (χ1) is 9.93. The van der Waals surface area contributed by atoms with Crippen molar-refractivity contribution in [2.75, 3.05) is 11.9 Å². The summed E-state index contributed by atoms with van der Waals surface area (Å²) >= 11 is 0. The van der Waals surface area contributed by atoms with Gasteiger partial charge in [0.25, 0.3) is 0 Å². The van der Waals surface area contributed by atoms with Gasteiger partial charge in [-0.15, -0.1) is 0 Å². The molecule has 2 amide bonds. The number of nitrogens with one attached hydrogen (secondary N) is 1. The molecule has 5 nitrogen and oxygen atoms in total. The molecule has 1 rings (SSSR count). The number of anilines is 1. The fourth-order valence-electron chi connectivity index (χ4n) is 2.05. The largest absolute Gasteiger partial charge is 0.481 e. The third kappa shape index (κ3) is 5.85. The van der Waals surface area contributed by atoms with E-state index in [2.05, 4.69) is 12.2 Å². The summed E-state index contributed by atoms with van der Waals surface area (Å²) in [5.74, 6) is -0.905. The molecular weight excluding hydrogens is 268 g/mol. The minimum absolute atomic E-state index is 0.0521. The number of urea groups is 1. The number of carbonyl (C=O) groups excluding carboxylic acids is 1. The third-order valence-corrected chi connectivity index (χ3v) is 3.19. The zero-order chi connectivity index (χ0) is 15.8. The minimum atomic E-state index is -0.905. The number of nitrogens with zero attached hydrogens (tertiary/aromatic N) is 1. The number of rotatable bonds is 7. The lowest BCUT2D eigenvalue weighted by Gasteiger charge is -2.26. The number of carboxylic acid groups (broad SMARTS) is 1. The summed E-state index contributed by atoms with van der Waals surface area (Å²) in [5, 5.41) is 11.5. The van der Waals surface area contributed by atoms with E-state index in [1.165, 1.54) is 10.5 Å². The normalized spacial score (nSPS) is 10.5. The second-order valence-electron chi connectivity index (χ2n) is 5.31. The topological polar surface area (TPSA) is 69.6 Å². The second kappa shape index (κ2) is 8.29. The van der Waals surface area contributed by atoms with E-state index >= 15 is 0 Å². The molecule has 0 saturated carbocycles. The van der Waals surface area contributed by atoms with Crippen molar-refractivity contribution in [1.82, 2.24) is 4.90 Å². The number of carboxylic acids is 1. The van der Waals surface area contributed by atoms with Gasteiger partial charge in [0, 0.05) is 18.3 Å². The van der Waals surface area contributed by atoms with Crippen LogP contribution in [0.5, 0.6) is 0 Å². The maximum atomic E-state index is 12.2. The lowest BCUT2D eigenvalue weighted by Crippen LogP contribution is -2.41. The average molecular weight is 292 g/mol. The van der Waals surface area contributed by atoms with Gasteiger partial charge in [0.1, 0.15) is 0 Å². The molecule has 0 saturated heterocycles. The lowest BCUT2D eigenvalue weighted by molar-refractivity contribution is -0.137. The lowest BCUT2D eigenvalue weighted by atomic mass is 10.1. The summed E-state index contributed by atoms with van der Waals surface area (Å²) in [6, 6.07) is 7.42. The smallest absolute Gasteiger partial charge is 0.322 e. The number of hydrogen-bond donors (Lipinski definition) is 2. The highest BCUT2D eigenvalue weighted by atomic mass is 16.4. The number of carbonyl (C=O) groups is 2. The van der Waals surface area contributed by atoms with E-state index in [1.54, 1.807) is 0 Å². The first kappa shape index (κ1) is 17.0. The summed E-state index contributed by atoms with van der Waals surface area (Å²) < 4.78 is 0. The molecule has 0 spiro atoms. The van der Waals surface area contributed by atoms with Gasteiger partial charge in [0.15, 0.2) is 0 Å². The molecule has 0 aliphatic heterocycles. The number of hydrogen-bond acceptors (Lipinski definition) is 2. The zero-order valence-electron chi connectivity index (χ0n) is 12.9. The number of amides is 2. The Bertz CT molecular complexity index is 469. The van der Waals surface area contributed by atoms with Crippen molar-refractivity contribution < 1.29 is 14.7 Å². The summed E-state index contributed by atoms with van der Waals surface area (Å²) in [4.78, 5) is 24.4. The minimum Gasteiger partial charge on any atom is -0.481 e. The zero-order valence-corrected chi connectivity index (χ0v) is 12.9. The van der Waals surface area contributed by atoms with Crippen molar-refractivity contribution in [2.45, 2.75) is 46.1 Å². The van der Waals surface area contributed by atoms with Gasteiger partial charge in [-0.2, -0.15) is 0 Å². The van der Waals surface area contributed by atoms with Gasteiger partial charge in [-0.3, -0.25) is 4.79 Å². The molecule has 0 heterocycles. The van der Waals surface area contributed by atoms with Crippen molar-refractivity contribution in [3.63, 3.8) is 0 Å². The quantitative estimate of drug-likeness (QED) is 0.809. The van der Waals surface area contributed by atoms with Gasteiger partial charge < -0.3 is 15.3 Å². The van der Waals surface area contributed by atoms with Crippen LogP contribution in [0.25, 0.3) is 0 Å². The van der Waals surface area contributed by atoms with Crippen molar-refractivity contribution >= 4 is 17.7 Å². The van der Waals surface area contributed by atoms with E-state index in [9.17, 15) is 9.59 Å². The van der Waals surface area contributed by atoms with Crippen LogP contribution < -0.4 is 5.32 Å². The molecule has 116 valence electrons. The fourth-order valence-corrected chi connectivity index (χ4v) is 2.05. The molecule has 2 N–H and O–H groups in total. The van der Waals surface area contributed by atoms with E-state index in [0.29, 0.717) is 0 Å². The molecule has 0 aliphatic rings. The molecule has 0 fully saturated rings. The van der Waals surface area contributed by atoms with E-state index in [0.717, 1.165) is 18.5 Å². The predicted molar refractivity (Wildman–Crippen MR) is 83.6 cm³/mol. The maximum Gasteiger partial charge on any atom is 0.322 e. The van der Waals surface area contributed by atoms with Gasteiger partial charge in [-0.1, -0.05) is 25.5 Å². The van der Waals surface area contributed by atoms with Crippen LogP contribution in [-0.4, -0.2) is 34.6 Å². The van der Waals surface area contributed by atoms with Crippen LogP contribution in [0.4, 0.5) is 10.5 Å². The predicted octanol–water partition coefficient (Wildman–Crippen LogP) is 3.36. The molecule has 5 heteroatoms. The average Bonchev–Trinajstić information content (AvgIpc) is 2.40. The Hall–Kier alpha value is -2.04. The van der Waals surface area contributed by atoms with Gasteiger partial charge in [0.05, 0.1) is 6.42 Å². The highest BCUT2D eigenvalue weighted by Gasteiger charge is 2.17. The molecule has 21 heavy (non-hydrogen) atoms. The maximum absolute atomic E-state index is 12.2. The Morgan fingerprint density at radius 2 is 1.86 bits per heavy atom. The van der Waals surface area contributed by atoms with Crippen LogP contribution in [0.3, 0.4) is 0 Å². The molecule has 0 unspecified atom stereocenters. The molecular formula is C16H24N2O3. The van der Waals surface area contributed by atoms with Gasteiger partial charge in [0.2, 0.25) is 0 Å². The molecule has 0 bridgehead atoms. The Kier molecular flexibility index (Phi) is 6.72. The van der Waals surface area contributed by atoms with Crippen molar-refractivity contribution in [3.05, 3.63) is 29.8 Å². The number of aryl methyl sites for hydroxylation is 1. The Morgan fingerprint density at radius 1 is 1.24 bits per heavy atom. The molecule has 1 aromatic carbocycles. The van der Waals surface area contributed by atoms with Crippen LogP contribution in [-0.2, 0) is 11.2 Å². The van der Waals surface area contributed by atoms with E-state index in [-0.39, 0.29) is 25.0 Å². The third-order valence-electron chi connectivity index (χ3n) is 3.19. The summed E-state index contributed by atoms with van der Waals surface area (Å²) in [5.41, 5.74) is 1.96. The van der Waals surface area contributed by atoms with Crippen LogP contribution >= 0.6 is 0 Å². The highest BCUT2D eigenvalue weighted by Crippen LogP contribution is 2.13. The van der Waals surface area contributed by atoms with Crippen LogP contribution in [0.2, 0.25) is 0 Å². The fraction of sp³-hybridized carbons (Fsp3) is 0.500. The van der Waals surface area contributed by atoms with Crippen molar-refractivity contribution in [3.8, 4) is 0 Å². The first-order valence-corrected chi connectivity index (χ1v) is 7.32. The van der Waals surface area contributed by atoms with E-state index < -0.39 is 5.97 Å². The monoisotopic (exact) mass is 292 g/mol. The van der Waals surface area contributed by atoms with Gasteiger partial charge in [-0.05, 0) is 38.0 Å². The van der Waals surface area contributed by atoms with E-state index in [1.807, 2.05) is 38.1 Å². The molecule has 0 radical (unpaired) electrons. The van der Waals surface area contributed by atoms with Gasteiger partial charge >= 0.3 is 12.0 Å². The Morgan fingerprint density at radius 3 is 2.33 bits per heavy atom.